The molecule has 1 aromatic heterocycles. The summed E-state index contributed by atoms with van der Waals surface area (Å²) >= 11 is 0. The van der Waals surface area contributed by atoms with Gasteiger partial charge in [0.1, 0.15) is 17.7 Å². The Morgan fingerprint density at radius 1 is 0.647 bits per heavy atom. The maximum Gasteiger partial charge on any atom is 0.227 e. The normalized spacial score (nSPS) is 10.3. The Bertz CT molecular complexity index is 1600. The predicted octanol–water partition coefficient (Wildman–Crippen LogP) is 6.58. The summed E-state index contributed by atoms with van der Waals surface area (Å²) in [6, 6.07) is 33.9. The lowest BCUT2D eigenvalue weighted by Gasteiger charge is -2.26. The third-order valence-corrected chi connectivity index (χ3v) is 5.42. The summed E-state index contributed by atoms with van der Waals surface area (Å²) in [5.74, 6) is 0.530. The first-order chi connectivity index (χ1) is 16.7. The number of aromatic nitrogens is 1. The van der Waals surface area contributed by atoms with E-state index in [2.05, 4.69) is 17.1 Å². The molecule has 1 heterocycles. The Morgan fingerprint density at radius 3 is 1.94 bits per heavy atom. The van der Waals surface area contributed by atoms with Crippen LogP contribution >= 0.6 is 0 Å². The quantitative estimate of drug-likeness (QED) is 0.315. The second kappa shape index (κ2) is 8.63. The lowest BCUT2D eigenvalue weighted by atomic mass is 10.1. The number of hydrogen-bond acceptors (Lipinski definition) is 6. The molecule has 0 saturated heterocycles. The van der Waals surface area contributed by atoms with E-state index in [1.807, 2.05) is 71.6 Å². The third-order valence-electron chi connectivity index (χ3n) is 5.42. The maximum absolute atomic E-state index is 9.51. The van der Waals surface area contributed by atoms with Crippen molar-refractivity contribution in [2.75, 3.05) is 4.90 Å². The van der Waals surface area contributed by atoms with Gasteiger partial charge in [0.05, 0.1) is 22.8 Å². The number of oxazole rings is 1. The van der Waals surface area contributed by atoms with Crippen LogP contribution < -0.4 is 4.90 Å². The largest absolute Gasteiger partial charge is 0.436 e. The highest BCUT2D eigenvalue weighted by molar-refractivity contribution is 5.80. The Kier molecular flexibility index (Phi) is 5.21. The van der Waals surface area contributed by atoms with E-state index in [-0.39, 0.29) is 0 Å². The number of hydrogen-bond donors (Lipinski definition) is 0. The van der Waals surface area contributed by atoms with Crippen LogP contribution in [-0.2, 0) is 0 Å². The van der Waals surface area contributed by atoms with Crippen LogP contribution in [0.25, 0.3) is 22.6 Å². The van der Waals surface area contributed by atoms with Crippen LogP contribution in [0.1, 0.15) is 16.7 Å². The fraction of sp³-hybridized carbons (Fsp3) is 0. The second-order valence-corrected chi connectivity index (χ2v) is 7.48. The summed E-state index contributed by atoms with van der Waals surface area (Å²) in [5, 5.41) is 28.0. The Morgan fingerprint density at radius 2 is 1.29 bits per heavy atom. The zero-order chi connectivity index (χ0) is 23.5. The smallest absolute Gasteiger partial charge is 0.227 e. The highest BCUT2D eigenvalue weighted by atomic mass is 16.3. The molecule has 4 aromatic carbocycles. The molecule has 0 aliphatic rings. The van der Waals surface area contributed by atoms with E-state index >= 15 is 0 Å². The fourth-order valence-electron chi connectivity index (χ4n) is 3.74. The zero-order valence-corrected chi connectivity index (χ0v) is 17.8. The first-order valence-electron chi connectivity index (χ1n) is 10.4. The van der Waals surface area contributed by atoms with Gasteiger partial charge in [-0.3, -0.25) is 0 Å². The SMILES string of the molecule is N#Cc1ccc(N(c2ccc(-c3nc4ccccc4o3)cc2)c2ccc(C#N)c(C#N)c2)cc1. The van der Waals surface area contributed by atoms with Crippen molar-refractivity contribution in [2.45, 2.75) is 0 Å². The number of rotatable bonds is 4. The molecule has 34 heavy (non-hydrogen) atoms. The van der Waals surface area contributed by atoms with E-state index in [9.17, 15) is 15.8 Å². The van der Waals surface area contributed by atoms with Gasteiger partial charge in [-0.1, -0.05) is 12.1 Å². The van der Waals surface area contributed by atoms with Crippen LogP contribution in [0.15, 0.2) is 95.4 Å². The molecule has 0 radical (unpaired) electrons. The summed E-state index contributed by atoms with van der Waals surface area (Å²) in [6.45, 7) is 0. The number of para-hydroxylation sites is 2. The number of benzene rings is 4. The summed E-state index contributed by atoms with van der Waals surface area (Å²) in [5.41, 5.74) is 5.86. The number of fused-ring (bicyclic) bond motifs is 1. The number of nitriles is 3. The molecule has 0 saturated carbocycles. The molecular weight excluding hydrogens is 422 g/mol. The molecule has 5 aromatic rings. The van der Waals surface area contributed by atoms with Crippen LogP contribution in [0.3, 0.4) is 0 Å². The monoisotopic (exact) mass is 437 g/mol. The molecule has 0 bridgehead atoms. The molecule has 6 nitrogen and oxygen atoms in total. The Hall–Kier alpha value is -5.38. The zero-order valence-electron chi connectivity index (χ0n) is 17.8. The van der Waals surface area contributed by atoms with E-state index in [4.69, 9.17) is 4.42 Å². The van der Waals surface area contributed by atoms with Gasteiger partial charge in [-0.15, -0.1) is 0 Å². The molecule has 0 aliphatic carbocycles. The minimum absolute atomic E-state index is 0.293. The average Bonchev–Trinajstić information content (AvgIpc) is 3.34. The molecule has 0 atom stereocenters. The third kappa shape index (κ3) is 3.71. The summed E-state index contributed by atoms with van der Waals surface area (Å²) < 4.78 is 5.88. The van der Waals surface area contributed by atoms with Crippen molar-refractivity contribution in [1.29, 1.82) is 15.8 Å². The van der Waals surface area contributed by atoms with E-state index in [0.29, 0.717) is 22.6 Å². The minimum atomic E-state index is 0.293. The topological polar surface area (TPSA) is 101 Å². The van der Waals surface area contributed by atoms with Crippen LogP contribution in [0.2, 0.25) is 0 Å². The molecular formula is C28H15N5O. The van der Waals surface area contributed by atoms with Gasteiger partial charge < -0.3 is 9.32 Å². The van der Waals surface area contributed by atoms with Crippen LogP contribution in [0.5, 0.6) is 0 Å². The molecule has 0 spiro atoms. The highest BCUT2D eigenvalue weighted by Crippen LogP contribution is 2.36. The summed E-state index contributed by atoms with van der Waals surface area (Å²) in [6.07, 6.45) is 0. The Labute approximate surface area is 195 Å². The fourth-order valence-corrected chi connectivity index (χ4v) is 3.74. The van der Waals surface area contributed by atoms with Gasteiger partial charge in [-0.05, 0) is 78.9 Å². The van der Waals surface area contributed by atoms with Gasteiger partial charge in [0.2, 0.25) is 5.89 Å². The van der Waals surface area contributed by atoms with Gasteiger partial charge in [0.25, 0.3) is 0 Å². The molecule has 5 rings (SSSR count). The lowest BCUT2D eigenvalue weighted by Crippen LogP contribution is -2.10. The average molecular weight is 437 g/mol. The van der Waals surface area contributed by atoms with Crippen molar-refractivity contribution in [1.82, 2.24) is 4.98 Å². The molecule has 6 heteroatoms. The van der Waals surface area contributed by atoms with Crippen molar-refractivity contribution in [3.8, 4) is 29.7 Å². The summed E-state index contributed by atoms with van der Waals surface area (Å²) in [7, 11) is 0. The number of anilines is 3. The van der Waals surface area contributed by atoms with E-state index < -0.39 is 0 Å². The van der Waals surface area contributed by atoms with Crippen molar-refractivity contribution in [2.24, 2.45) is 0 Å². The first kappa shape index (κ1) is 20.5. The molecule has 158 valence electrons. The van der Waals surface area contributed by atoms with Crippen LogP contribution in [0, 0.1) is 34.0 Å². The van der Waals surface area contributed by atoms with Crippen molar-refractivity contribution in [3.05, 3.63) is 108 Å². The van der Waals surface area contributed by atoms with Crippen molar-refractivity contribution >= 4 is 28.2 Å². The van der Waals surface area contributed by atoms with Crippen LogP contribution in [-0.4, -0.2) is 4.98 Å². The molecule has 0 unspecified atom stereocenters. The summed E-state index contributed by atoms with van der Waals surface area (Å²) in [4.78, 5) is 6.51. The van der Waals surface area contributed by atoms with E-state index in [0.717, 1.165) is 33.7 Å². The molecule has 0 fully saturated rings. The molecule has 0 aliphatic heterocycles. The van der Waals surface area contributed by atoms with Gasteiger partial charge in [-0.2, -0.15) is 15.8 Å². The predicted molar refractivity (Wildman–Crippen MR) is 128 cm³/mol. The van der Waals surface area contributed by atoms with Crippen molar-refractivity contribution < 1.29 is 4.42 Å². The highest BCUT2D eigenvalue weighted by Gasteiger charge is 2.16. The minimum Gasteiger partial charge on any atom is -0.436 e. The second-order valence-electron chi connectivity index (χ2n) is 7.48. The Balaban J connectivity index is 1.59. The lowest BCUT2D eigenvalue weighted by molar-refractivity contribution is 0.620. The van der Waals surface area contributed by atoms with E-state index in [1.165, 1.54) is 0 Å². The van der Waals surface area contributed by atoms with Crippen LogP contribution in [0.4, 0.5) is 17.1 Å². The first-order valence-corrected chi connectivity index (χ1v) is 10.4. The molecule has 0 N–H and O–H groups in total. The van der Waals surface area contributed by atoms with E-state index in [1.54, 1.807) is 30.3 Å². The van der Waals surface area contributed by atoms with Crippen molar-refractivity contribution in [3.63, 3.8) is 0 Å². The number of nitrogens with zero attached hydrogens (tertiary/aromatic N) is 5. The van der Waals surface area contributed by atoms with Gasteiger partial charge in [0.15, 0.2) is 5.58 Å². The van der Waals surface area contributed by atoms with Gasteiger partial charge in [0, 0.05) is 22.6 Å². The van der Waals surface area contributed by atoms with Gasteiger partial charge >= 0.3 is 0 Å². The maximum atomic E-state index is 9.51. The molecule has 0 amide bonds. The standard InChI is InChI=1S/C28H15N5O/c29-16-19-5-10-23(11-6-19)33(25-14-9-21(17-30)22(15-25)18-31)24-12-7-20(8-13-24)28-32-26-3-1-2-4-27(26)34-28/h1-15H. The van der Waals surface area contributed by atoms with Gasteiger partial charge in [-0.25, -0.2) is 4.98 Å².